The van der Waals surface area contributed by atoms with Gasteiger partial charge in [0, 0.05) is 0 Å². The van der Waals surface area contributed by atoms with Crippen LogP contribution >= 0.6 is 0 Å². The normalized spacial score (nSPS) is 19.2. The highest BCUT2D eigenvalue weighted by Crippen LogP contribution is 2.46. The maximum absolute atomic E-state index is 6.47. The minimum Gasteiger partial charge on any atom is -0.357 e. The van der Waals surface area contributed by atoms with E-state index >= 15 is 0 Å². The van der Waals surface area contributed by atoms with Crippen LogP contribution in [0.25, 0.3) is 0 Å². The average molecular weight is 392 g/mol. The monoisotopic (exact) mass is 391 g/mol. The first-order valence-corrected chi connectivity index (χ1v) is 10.5. The van der Waals surface area contributed by atoms with Crippen LogP contribution in [0.1, 0.15) is 40.6 Å². The molecule has 1 aliphatic rings. The Morgan fingerprint density at radius 2 is 1.00 bits per heavy atom. The summed E-state index contributed by atoms with van der Waals surface area (Å²) in [6, 6.07) is 43.1. The van der Waals surface area contributed by atoms with Gasteiger partial charge >= 0.3 is 0 Å². The highest BCUT2D eigenvalue weighted by molar-refractivity contribution is 5.35. The fourth-order valence-corrected chi connectivity index (χ4v) is 4.47. The van der Waals surface area contributed by atoms with Gasteiger partial charge in [-0.15, -0.1) is 0 Å². The summed E-state index contributed by atoms with van der Waals surface area (Å²) in [5.74, 6) is 0. The van der Waals surface area contributed by atoms with Crippen molar-refractivity contribution < 1.29 is 4.74 Å². The highest BCUT2D eigenvalue weighted by Gasteiger charge is 2.41. The smallest absolute Gasteiger partial charge is 0.138 e. The maximum Gasteiger partial charge on any atom is 0.138 e. The van der Waals surface area contributed by atoms with Gasteiger partial charge in [0.05, 0.1) is 18.7 Å². The topological polar surface area (TPSA) is 12.5 Å². The lowest BCUT2D eigenvalue weighted by Gasteiger charge is -2.37. The highest BCUT2D eigenvalue weighted by atomic mass is 16.5. The van der Waals surface area contributed by atoms with Gasteiger partial charge in [-0.05, 0) is 22.3 Å². The molecule has 148 valence electrons. The molecule has 0 spiro atoms. The first-order valence-electron chi connectivity index (χ1n) is 10.5. The predicted octanol–water partition coefficient (Wildman–Crippen LogP) is 6.55. The third-order valence-electron chi connectivity index (χ3n) is 5.84. The molecule has 1 fully saturated rings. The van der Waals surface area contributed by atoms with Crippen molar-refractivity contribution in [3.63, 3.8) is 0 Å². The molecule has 0 radical (unpaired) electrons. The van der Waals surface area contributed by atoms with Gasteiger partial charge in [0.15, 0.2) is 0 Å². The summed E-state index contributed by atoms with van der Waals surface area (Å²) in [7, 11) is 0. The Kier molecular flexibility index (Phi) is 5.43. The van der Waals surface area contributed by atoms with E-state index in [1.54, 1.807) is 0 Å². The fourth-order valence-electron chi connectivity index (χ4n) is 4.47. The van der Waals surface area contributed by atoms with E-state index < -0.39 is 0 Å². The molecule has 0 amide bonds. The zero-order valence-corrected chi connectivity index (χ0v) is 16.8. The maximum atomic E-state index is 6.47. The van der Waals surface area contributed by atoms with Crippen molar-refractivity contribution >= 4 is 0 Å². The lowest BCUT2D eigenvalue weighted by atomic mass is 9.93. The summed E-state index contributed by atoms with van der Waals surface area (Å²) in [4.78, 5) is 2.54. The van der Waals surface area contributed by atoms with Crippen LogP contribution in [0.2, 0.25) is 0 Å². The minimum atomic E-state index is -0.109. The number of hydrogen-bond donors (Lipinski definition) is 0. The van der Waals surface area contributed by atoms with Crippen molar-refractivity contribution in [1.82, 2.24) is 4.90 Å². The molecule has 0 aliphatic carbocycles. The Balaban J connectivity index is 1.67. The molecule has 2 nitrogen and oxygen atoms in total. The lowest BCUT2D eigenvalue weighted by molar-refractivity contribution is 0.0125. The van der Waals surface area contributed by atoms with Crippen molar-refractivity contribution in [1.29, 1.82) is 0 Å². The Bertz CT molecular complexity index is 964. The Labute approximate surface area is 178 Å². The molecule has 0 saturated carbocycles. The number of hydrogen-bond acceptors (Lipinski definition) is 2. The zero-order valence-electron chi connectivity index (χ0n) is 16.8. The van der Waals surface area contributed by atoms with Gasteiger partial charge in [-0.2, -0.15) is 0 Å². The molecular formula is C28H25NO. The van der Waals surface area contributed by atoms with Crippen LogP contribution in [0.15, 0.2) is 121 Å². The summed E-state index contributed by atoms with van der Waals surface area (Å²) in [6.45, 7) is 0.666. The first kappa shape index (κ1) is 18.8. The van der Waals surface area contributed by atoms with Crippen LogP contribution in [0.5, 0.6) is 0 Å². The van der Waals surface area contributed by atoms with Crippen molar-refractivity contribution in [3.8, 4) is 0 Å². The second kappa shape index (κ2) is 8.66. The summed E-state index contributed by atoms with van der Waals surface area (Å²) in [5, 5.41) is 0. The number of rotatable bonds is 5. The average Bonchev–Trinajstić information content (AvgIpc) is 3.26. The van der Waals surface area contributed by atoms with Crippen LogP contribution in [0.4, 0.5) is 0 Å². The summed E-state index contributed by atoms with van der Waals surface area (Å²) in [5.41, 5.74) is 5.02. The standard InChI is InChI=1S/C28H25NO/c1-5-13-22(14-6-1)26-21-30-28(25-19-11-4-12-20-25)29(26)27(23-15-7-2-8-16-23)24-17-9-3-10-18-24/h1-20,26-28H,21H2/t26-,28?/m0/s1. The van der Waals surface area contributed by atoms with Crippen LogP contribution in [0, 0.1) is 0 Å². The van der Waals surface area contributed by atoms with E-state index in [2.05, 4.69) is 126 Å². The molecule has 2 heteroatoms. The van der Waals surface area contributed by atoms with E-state index in [4.69, 9.17) is 4.74 Å². The van der Waals surface area contributed by atoms with E-state index in [9.17, 15) is 0 Å². The molecule has 30 heavy (non-hydrogen) atoms. The van der Waals surface area contributed by atoms with Crippen LogP contribution < -0.4 is 0 Å². The summed E-state index contributed by atoms with van der Waals surface area (Å²) >= 11 is 0. The van der Waals surface area contributed by atoms with Gasteiger partial charge in [-0.3, -0.25) is 4.90 Å². The van der Waals surface area contributed by atoms with E-state index in [0.717, 1.165) is 0 Å². The molecule has 4 aromatic carbocycles. The van der Waals surface area contributed by atoms with Crippen molar-refractivity contribution in [2.24, 2.45) is 0 Å². The molecule has 0 N–H and O–H groups in total. The molecule has 2 atom stereocenters. The van der Waals surface area contributed by atoms with E-state index in [0.29, 0.717) is 6.61 Å². The van der Waals surface area contributed by atoms with Gasteiger partial charge in [-0.25, -0.2) is 0 Å². The SMILES string of the molecule is c1ccc(C2OC[C@@H](c3ccccc3)N2C(c2ccccc2)c2ccccc2)cc1. The Morgan fingerprint density at radius 3 is 1.50 bits per heavy atom. The molecule has 5 rings (SSSR count). The largest absolute Gasteiger partial charge is 0.357 e. The summed E-state index contributed by atoms with van der Waals surface area (Å²) < 4.78 is 6.47. The van der Waals surface area contributed by atoms with Gasteiger partial charge in [0.1, 0.15) is 6.23 Å². The van der Waals surface area contributed by atoms with Crippen molar-refractivity contribution in [2.45, 2.75) is 18.3 Å². The van der Waals surface area contributed by atoms with Gasteiger partial charge in [0.2, 0.25) is 0 Å². The van der Waals surface area contributed by atoms with E-state index in [-0.39, 0.29) is 18.3 Å². The molecular weight excluding hydrogens is 366 g/mol. The van der Waals surface area contributed by atoms with Crippen molar-refractivity contribution in [3.05, 3.63) is 144 Å². The van der Waals surface area contributed by atoms with E-state index in [1.807, 2.05) is 0 Å². The molecule has 1 unspecified atom stereocenters. The molecule has 0 aromatic heterocycles. The van der Waals surface area contributed by atoms with Crippen molar-refractivity contribution in [2.75, 3.05) is 6.61 Å². The fraction of sp³-hybridized carbons (Fsp3) is 0.143. The third-order valence-corrected chi connectivity index (χ3v) is 5.84. The van der Waals surface area contributed by atoms with Crippen LogP contribution in [0.3, 0.4) is 0 Å². The second-order valence-electron chi connectivity index (χ2n) is 7.69. The van der Waals surface area contributed by atoms with Gasteiger partial charge in [-0.1, -0.05) is 121 Å². The zero-order chi connectivity index (χ0) is 20.2. The lowest BCUT2D eigenvalue weighted by Crippen LogP contribution is -2.32. The Morgan fingerprint density at radius 1 is 0.567 bits per heavy atom. The predicted molar refractivity (Wildman–Crippen MR) is 121 cm³/mol. The Hall–Kier alpha value is -3.20. The molecule has 4 aromatic rings. The molecule has 1 saturated heterocycles. The van der Waals surface area contributed by atoms with Crippen LogP contribution in [-0.4, -0.2) is 11.5 Å². The molecule has 1 heterocycles. The molecule has 0 bridgehead atoms. The van der Waals surface area contributed by atoms with Crippen LogP contribution in [-0.2, 0) is 4.74 Å². The number of benzene rings is 4. The van der Waals surface area contributed by atoms with E-state index in [1.165, 1.54) is 22.3 Å². The number of ether oxygens (including phenoxy) is 1. The number of nitrogens with zero attached hydrogens (tertiary/aromatic N) is 1. The van der Waals surface area contributed by atoms with Gasteiger partial charge in [0.25, 0.3) is 0 Å². The van der Waals surface area contributed by atoms with Gasteiger partial charge < -0.3 is 4.74 Å². The second-order valence-corrected chi connectivity index (χ2v) is 7.69. The summed E-state index contributed by atoms with van der Waals surface area (Å²) in [6.07, 6.45) is -0.109. The molecule has 1 aliphatic heterocycles. The third kappa shape index (κ3) is 3.68. The quantitative estimate of drug-likeness (QED) is 0.382. The first-order chi connectivity index (χ1) is 14.9. The minimum absolute atomic E-state index is 0.0883.